The zero-order valence-electron chi connectivity index (χ0n) is 14.0. The Morgan fingerprint density at radius 2 is 1.78 bits per heavy atom. The second kappa shape index (κ2) is 7.50. The van der Waals surface area contributed by atoms with Crippen molar-refractivity contribution in [2.45, 2.75) is 11.8 Å². The van der Waals surface area contributed by atoms with Crippen molar-refractivity contribution in [3.63, 3.8) is 0 Å². The number of benzene rings is 3. The molecule has 3 aromatic rings. The topological polar surface area (TPSA) is 66.4 Å². The molecule has 4 nitrogen and oxygen atoms in total. The highest BCUT2D eigenvalue weighted by molar-refractivity contribution is 9.10. The summed E-state index contributed by atoms with van der Waals surface area (Å²) in [6, 6.07) is 14.2. The first-order valence-corrected chi connectivity index (χ1v) is 10.4. The lowest BCUT2D eigenvalue weighted by atomic mass is 10.0. The van der Waals surface area contributed by atoms with E-state index in [1.54, 1.807) is 6.07 Å². The Hall–Kier alpha value is -2.09. The van der Waals surface area contributed by atoms with Gasteiger partial charge in [0, 0.05) is 4.47 Å². The number of anilines is 1. The largest absolute Gasteiger partial charge is 0.505 e. The summed E-state index contributed by atoms with van der Waals surface area (Å²) in [4.78, 5) is -0.456. The first kappa shape index (κ1) is 19.7. The molecule has 0 spiro atoms. The molecule has 0 aliphatic carbocycles. The van der Waals surface area contributed by atoms with E-state index in [9.17, 15) is 17.9 Å². The van der Waals surface area contributed by atoms with Crippen LogP contribution >= 0.6 is 27.5 Å². The summed E-state index contributed by atoms with van der Waals surface area (Å²) in [6.45, 7) is 1.93. The second-order valence-corrected chi connectivity index (χ2v) is 8.88. The molecular weight excluding hydrogens is 457 g/mol. The van der Waals surface area contributed by atoms with Gasteiger partial charge >= 0.3 is 0 Å². The maximum absolute atomic E-state index is 14.2. The summed E-state index contributed by atoms with van der Waals surface area (Å²) >= 11 is 8.96. The van der Waals surface area contributed by atoms with Crippen LogP contribution in [-0.2, 0) is 10.0 Å². The van der Waals surface area contributed by atoms with Gasteiger partial charge in [-0.05, 0) is 42.3 Å². The molecule has 0 bridgehead atoms. The standard InChI is InChI=1S/C19H14BrClFNO3S/c1-11-3-2-4-12(7-11)13-5-6-16(22)17(8-13)23-27(25,26)18-10-14(20)9-15(21)19(18)24/h2-10,23-24H,1H3. The Bertz CT molecular complexity index is 1140. The molecule has 3 rings (SSSR count). The summed E-state index contributed by atoms with van der Waals surface area (Å²) < 4.78 is 42.1. The van der Waals surface area contributed by atoms with Crippen molar-refractivity contribution in [1.29, 1.82) is 0 Å². The summed E-state index contributed by atoms with van der Waals surface area (Å²) in [5.74, 6) is -1.35. The third-order valence-corrected chi connectivity index (χ3v) is 5.97. The second-order valence-electron chi connectivity index (χ2n) is 5.90. The SMILES string of the molecule is Cc1cccc(-c2ccc(F)c(NS(=O)(=O)c3cc(Br)cc(Cl)c3O)c2)c1. The molecule has 2 N–H and O–H groups in total. The molecule has 27 heavy (non-hydrogen) atoms. The molecule has 0 aliphatic heterocycles. The minimum atomic E-state index is -4.27. The number of sulfonamides is 1. The van der Waals surface area contributed by atoms with E-state index in [1.165, 1.54) is 24.3 Å². The van der Waals surface area contributed by atoms with Gasteiger partial charge in [0.2, 0.25) is 0 Å². The van der Waals surface area contributed by atoms with Crippen molar-refractivity contribution in [3.05, 3.63) is 75.5 Å². The third-order valence-electron chi connectivity index (χ3n) is 3.84. The van der Waals surface area contributed by atoms with Gasteiger partial charge in [0.15, 0.2) is 5.75 Å². The molecule has 0 atom stereocenters. The van der Waals surface area contributed by atoms with Crippen LogP contribution in [-0.4, -0.2) is 13.5 Å². The van der Waals surface area contributed by atoms with Crippen LogP contribution < -0.4 is 4.72 Å². The third kappa shape index (κ3) is 4.26. The van der Waals surface area contributed by atoms with Gasteiger partial charge in [-0.2, -0.15) is 0 Å². The number of rotatable bonds is 4. The Morgan fingerprint density at radius 3 is 2.48 bits per heavy atom. The number of aryl methyl sites for hydroxylation is 1. The molecule has 0 radical (unpaired) electrons. The van der Waals surface area contributed by atoms with Gasteiger partial charge < -0.3 is 5.11 Å². The zero-order chi connectivity index (χ0) is 19.8. The van der Waals surface area contributed by atoms with Crippen LogP contribution in [0.5, 0.6) is 5.75 Å². The average molecular weight is 471 g/mol. The lowest BCUT2D eigenvalue weighted by Gasteiger charge is -2.13. The Morgan fingerprint density at radius 1 is 1.07 bits per heavy atom. The number of aromatic hydroxyl groups is 1. The number of phenols is 1. The molecule has 8 heteroatoms. The van der Waals surface area contributed by atoms with Gasteiger partial charge in [0.05, 0.1) is 10.7 Å². The van der Waals surface area contributed by atoms with Gasteiger partial charge in [-0.1, -0.05) is 63.4 Å². The first-order valence-electron chi connectivity index (χ1n) is 7.75. The van der Waals surface area contributed by atoms with Crippen molar-refractivity contribution >= 4 is 43.2 Å². The molecule has 0 fully saturated rings. The van der Waals surface area contributed by atoms with E-state index in [-0.39, 0.29) is 10.7 Å². The van der Waals surface area contributed by atoms with Gasteiger partial charge in [0.1, 0.15) is 10.7 Å². The molecule has 0 saturated carbocycles. The van der Waals surface area contributed by atoms with Crippen molar-refractivity contribution in [1.82, 2.24) is 0 Å². The highest BCUT2D eigenvalue weighted by atomic mass is 79.9. The van der Waals surface area contributed by atoms with Gasteiger partial charge in [-0.25, -0.2) is 12.8 Å². The minimum absolute atomic E-state index is 0.140. The van der Waals surface area contributed by atoms with E-state index in [0.29, 0.717) is 10.0 Å². The van der Waals surface area contributed by atoms with Gasteiger partial charge in [-0.15, -0.1) is 0 Å². The van der Waals surface area contributed by atoms with Gasteiger partial charge in [0.25, 0.3) is 10.0 Å². The fourth-order valence-electron chi connectivity index (χ4n) is 2.55. The fraction of sp³-hybridized carbons (Fsp3) is 0.0526. The predicted molar refractivity (Wildman–Crippen MR) is 108 cm³/mol. The molecular formula is C19H14BrClFNO3S. The molecule has 0 aliphatic rings. The maximum Gasteiger partial charge on any atom is 0.265 e. The molecule has 0 saturated heterocycles. The van der Waals surface area contributed by atoms with Crippen molar-refractivity contribution < 1.29 is 17.9 Å². The molecule has 0 amide bonds. The fourth-order valence-corrected chi connectivity index (χ4v) is 4.77. The van der Waals surface area contributed by atoms with Crippen LogP contribution in [0.25, 0.3) is 11.1 Å². The van der Waals surface area contributed by atoms with E-state index in [4.69, 9.17) is 11.6 Å². The minimum Gasteiger partial charge on any atom is -0.505 e. The molecule has 0 unspecified atom stereocenters. The lowest BCUT2D eigenvalue weighted by molar-refractivity contribution is 0.459. The number of hydrogen-bond acceptors (Lipinski definition) is 3. The van der Waals surface area contributed by atoms with Crippen molar-refractivity contribution in [2.75, 3.05) is 4.72 Å². The molecule has 0 heterocycles. The lowest BCUT2D eigenvalue weighted by Crippen LogP contribution is -2.14. The van der Waals surface area contributed by atoms with Crippen LogP contribution in [0.4, 0.5) is 10.1 Å². The number of phenolic OH excluding ortho intramolecular Hbond substituents is 1. The number of nitrogens with one attached hydrogen (secondary N) is 1. The van der Waals surface area contributed by atoms with Crippen LogP contribution in [0, 0.1) is 12.7 Å². The zero-order valence-corrected chi connectivity index (χ0v) is 17.2. The van der Waals surface area contributed by atoms with E-state index in [2.05, 4.69) is 20.7 Å². The van der Waals surface area contributed by atoms with Crippen LogP contribution in [0.15, 0.2) is 64.0 Å². The number of hydrogen-bond donors (Lipinski definition) is 2. The summed E-state index contributed by atoms with van der Waals surface area (Å²) in [5, 5.41) is 9.86. The highest BCUT2D eigenvalue weighted by Crippen LogP contribution is 2.36. The predicted octanol–water partition coefficient (Wildman–Crippen LogP) is 5.72. The summed E-state index contributed by atoms with van der Waals surface area (Å²) in [6.07, 6.45) is 0. The quantitative estimate of drug-likeness (QED) is 0.512. The smallest absolute Gasteiger partial charge is 0.265 e. The number of halogens is 3. The summed E-state index contributed by atoms with van der Waals surface area (Å²) in [7, 11) is -4.27. The molecule has 140 valence electrons. The van der Waals surface area contributed by atoms with Crippen LogP contribution in [0.1, 0.15) is 5.56 Å². The Kier molecular flexibility index (Phi) is 5.46. The van der Waals surface area contributed by atoms with Crippen LogP contribution in [0.2, 0.25) is 5.02 Å². The molecule has 0 aromatic heterocycles. The molecule has 3 aromatic carbocycles. The van der Waals surface area contributed by atoms with Crippen molar-refractivity contribution in [3.8, 4) is 16.9 Å². The average Bonchev–Trinajstić information content (AvgIpc) is 2.59. The van der Waals surface area contributed by atoms with E-state index >= 15 is 0 Å². The monoisotopic (exact) mass is 469 g/mol. The van der Waals surface area contributed by atoms with E-state index in [1.807, 2.05) is 31.2 Å². The van der Waals surface area contributed by atoms with Crippen molar-refractivity contribution in [2.24, 2.45) is 0 Å². The first-order chi connectivity index (χ1) is 12.7. The Balaban J connectivity index is 2.04. The van der Waals surface area contributed by atoms with Crippen LogP contribution in [0.3, 0.4) is 0 Å². The van der Waals surface area contributed by atoms with E-state index < -0.39 is 26.5 Å². The Labute approximate surface area is 169 Å². The normalized spacial score (nSPS) is 11.4. The maximum atomic E-state index is 14.2. The van der Waals surface area contributed by atoms with Gasteiger partial charge in [-0.3, -0.25) is 4.72 Å². The van der Waals surface area contributed by atoms with E-state index in [0.717, 1.165) is 11.1 Å². The summed E-state index contributed by atoms with van der Waals surface area (Å²) in [5.41, 5.74) is 2.26. The highest BCUT2D eigenvalue weighted by Gasteiger charge is 2.23.